The lowest BCUT2D eigenvalue weighted by Crippen LogP contribution is -2.26. The highest BCUT2D eigenvalue weighted by molar-refractivity contribution is 5.54. The Morgan fingerprint density at radius 2 is 2.05 bits per heavy atom. The van der Waals surface area contributed by atoms with Crippen LogP contribution in [0.15, 0.2) is 30.5 Å². The van der Waals surface area contributed by atoms with Crippen molar-refractivity contribution in [3.05, 3.63) is 42.0 Å². The number of aromatic nitrogens is 3. The second-order valence-corrected chi connectivity index (χ2v) is 5.24. The largest absolute Gasteiger partial charge is 0.319 e. The maximum absolute atomic E-state index is 4.74. The minimum atomic E-state index is 0.143. The van der Waals surface area contributed by atoms with E-state index < -0.39 is 0 Å². The molecule has 0 aromatic carbocycles. The predicted octanol–water partition coefficient (Wildman–Crippen LogP) is 2.10. The fourth-order valence-corrected chi connectivity index (χ4v) is 2.42. The molecular formula is C15H18N4. The first kappa shape index (κ1) is 12.2. The molecule has 1 aliphatic carbocycles. The summed E-state index contributed by atoms with van der Waals surface area (Å²) in [4.78, 5) is 13.8. The Hall–Kier alpha value is -1.81. The maximum atomic E-state index is 4.74. The normalized spacial score (nSPS) is 16.3. The highest BCUT2D eigenvalue weighted by Gasteiger charge is 2.46. The van der Waals surface area contributed by atoms with Gasteiger partial charge >= 0.3 is 0 Å². The van der Waals surface area contributed by atoms with Crippen LogP contribution in [0.3, 0.4) is 0 Å². The molecule has 0 atom stereocenters. The molecule has 0 unspecified atom stereocenters. The highest BCUT2D eigenvalue weighted by Crippen LogP contribution is 2.46. The van der Waals surface area contributed by atoms with Crippen LogP contribution in [0.25, 0.3) is 11.4 Å². The maximum Gasteiger partial charge on any atom is 0.136 e. The number of nitrogens with zero attached hydrogens (tertiary/aromatic N) is 3. The van der Waals surface area contributed by atoms with E-state index in [0.29, 0.717) is 0 Å². The fourth-order valence-electron chi connectivity index (χ4n) is 2.42. The van der Waals surface area contributed by atoms with Gasteiger partial charge in [0.05, 0.1) is 11.4 Å². The zero-order valence-corrected chi connectivity index (χ0v) is 11.3. The Morgan fingerprint density at radius 3 is 2.68 bits per heavy atom. The molecule has 1 saturated carbocycles. The van der Waals surface area contributed by atoms with E-state index in [1.54, 1.807) is 6.20 Å². The van der Waals surface area contributed by atoms with Crippen molar-refractivity contribution in [1.29, 1.82) is 0 Å². The molecule has 0 bridgehead atoms. The minimum Gasteiger partial charge on any atom is -0.319 e. The second-order valence-electron chi connectivity index (χ2n) is 5.24. The summed E-state index contributed by atoms with van der Waals surface area (Å²) in [6.07, 6.45) is 4.13. The van der Waals surface area contributed by atoms with Crippen molar-refractivity contribution in [3.63, 3.8) is 0 Å². The van der Waals surface area contributed by atoms with Crippen LogP contribution in [0, 0.1) is 6.92 Å². The predicted molar refractivity (Wildman–Crippen MR) is 74.8 cm³/mol. The van der Waals surface area contributed by atoms with Crippen molar-refractivity contribution >= 4 is 0 Å². The number of hydrogen-bond acceptors (Lipinski definition) is 4. The molecule has 0 aliphatic heterocycles. The third-order valence-corrected chi connectivity index (χ3v) is 3.62. The molecule has 3 rings (SSSR count). The molecule has 4 nitrogen and oxygen atoms in total. The Kier molecular flexibility index (Phi) is 3.03. The third-order valence-electron chi connectivity index (χ3n) is 3.62. The molecule has 19 heavy (non-hydrogen) atoms. The van der Waals surface area contributed by atoms with E-state index in [1.807, 2.05) is 38.2 Å². The molecule has 1 N–H and O–H groups in total. The first-order chi connectivity index (χ1) is 9.23. The van der Waals surface area contributed by atoms with Crippen LogP contribution >= 0.6 is 0 Å². The molecule has 0 radical (unpaired) electrons. The summed E-state index contributed by atoms with van der Waals surface area (Å²) < 4.78 is 0. The quantitative estimate of drug-likeness (QED) is 0.907. The summed E-state index contributed by atoms with van der Waals surface area (Å²) in [5.74, 6) is 0.961. The molecule has 98 valence electrons. The average molecular weight is 254 g/mol. The van der Waals surface area contributed by atoms with E-state index in [2.05, 4.69) is 15.3 Å². The van der Waals surface area contributed by atoms with Gasteiger partial charge in [-0.2, -0.15) is 0 Å². The molecular weight excluding hydrogens is 236 g/mol. The number of rotatable bonds is 4. The molecule has 0 amide bonds. The van der Waals surface area contributed by atoms with Crippen molar-refractivity contribution in [2.24, 2.45) is 0 Å². The van der Waals surface area contributed by atoms with Gasteiger partial charge < -0.3 is 5.32 Å². The van der Waals surface area contributed by atoms with Gasteiger partial charge in [0, 0.05) is 23.9 Å². The number of hydrogen-bond donors (Lipinski definition) is 1. The van der Waals surface area contributed by atoms with Gasteiger partial charge in [-0.05, 0) is 45.0 Å². The van der Waals surface area contributed by atoms with Gasteiger partial charge in [-0.15, -0.1) is 0 Å². The van der Waals surface area contributed by atoms with Crippen molar-refractivity contribution in [2.45, 2.75) is 25.2 Å². The van der Waals surface area contributed by atoms with Gasteiger partial charge in [-0.25, -0.2) is 9.97 Å². The number of likely N-dealkylation sites (N-methyl/N-ethyl adjacent to an activating group) is 1. The third kappa shape index (κ3) is 2.36. The summed E-state index contributed by atoms with van der Waals surface area (Å²) in [5.41, 5.74) is 2.98. The van der Waals surface area contributed by atoms with E-state index in [1.165, 1.54) is 12.8 Å². The smallest absolute Gasteiger partial charge is 0.136 e. The van der Waals surface area contributed by atoms with E-state index >= 15 is 0 Å². The van der Waals surface area contributed by atoms with Crippen LogP contribution in [0.5, 0.6) is 0 Å². The van der Waals surface area contributed by atoms with Crippen LogP contribution in [0.1, 0.15) is 24.4 Å². The zero-order chi connectivity index (χ0) is 13.3. The average Bonchev–Trinajstić information content (AvgIpc) is 3.21. The van der Waals surface area contributed by atoms with Gasteiger partial charge in [-0.1, -0.05) is 6.07 Å². The molecule has 2 heterocycles. The molecule has 1 aliphatic rings. The van der Waals surface area contributed by atoms with Gasteiger partial charge in [-0.3, -0.25) is 4.98 Å². The second kappa shape index (κ2) is 4.70. The SMILES string of the molecule is CNCC1(c2nc(C)cc(-c3ccccn3)n2)CC1. The lowest BCUT2D eigenvalue weighted by molar-refractivity contribution is 0.586. The Bertz CT molecular complexity index is 576. The number of aryl methyl sites for hydroxylation is 1. The van der Waals surface area contributed by atoms with Crippen LogP contribution in [-0.4, -0.2) is 28.5 Å². The first-order valence-electron chi connectivity index (χ1n) is 6.66. The minimum absolute atomic E-state index is 0.143. The summed E-state index contributed by atoms with van der Waals surface area (Å²) in [7, 11) is 1.98. The highest BCUT2D eigenvalue weighted by atomic mass is 15.0. The lowest BCUT2D eigenvalue weighted by Gasteiger charge is -2.14. The molecule has 2 aromatic heterocycles. The fraction of sp³-hybridized carbons (Fsp3) is 0.400. The van der Waals surface area contributed by atoms with Crippen LogP contribution in [0.4, 0.5) is 0 Å². The summed E-state index contributed by atoms with van der Waals surface area (Å²) in [6, 6.07) is 7.90. The van der Waals surface area contributed by atoms with Crippen LogP contribution < -0.4 is 5.32 Å². The lowest BCUT2D eigenvalue weighted by atomic mass is 10.1. The summed E-state index contributed by atoms with van der Waals surface area (Å²) >= 11 is 0. The van der Waals surface area contributed by atoms with Gasteiger partial charge in [0.2, 0.25) is 0 Å². The first-order valence-corrected chi connectivity index (χ1v) is 6.66. The van der Waals surface area contributed by atoms with Crippen molar-refractivity contribution < 1.29 is 0 Å². The van der Waals surface area contributed by atoms with Gasteiger partial charge in [0.25, 0.3) is 0 Å². The van der Waals surface area contributed by atoms with Crippen molar-refractivity contribution in [1.82, 2.24) is 20.3 Å². The van der Waals surface area contributed by atoms with E-state index in [0.717, 1.165) is 29.5 Å². The Morgan fingerprint density at radius 1 is 1.21 bits per heavy atom. The van der Waals surface area contributed by atoms with E-state index in [9.17, 15) is 0 Å². The number of nitrogens with one attached hydrogen (secondary N) is 1. The Labute approximate surface area is 113 Å². The van der Waals surface area contributed by atoms with Crippen LogP contribution in [0.2, 0.25) is 0 Å². The van der Waals surface area contributed by atoms with Gasteiger partial charge in [0.1, 0.15) is 5.82 Å². The molecule has 0 spiro atoms. The molecule has 1 fully saturated rings. The van der Waals surface area contributed by atoms with E-state index in [-0.39, 0.29) is 5.41 Å². The summed E-state index contributed by atoms with van der Waals surface area (Å²) in [6.45, 7) is 2.96. The molecule has 0 saturated heterocycles. The standard InChI is InChI=1S/C15H18N4/c1-11-9-13(12-5-3-4-8-17-12)19-14(18-11)15(6-7-15)10-16-2/h3-5,8-9,16H,6-7,10H2,1-2H3. The summed E-state index contributed by atoms with van der Waals surface area (Å²) in [5, 5.41) is 3.25. The van der Waals surface area contributed by atoms with E-state index in [4.69, 9.17) is 4.98 Å². The van der Waals surface area contributed by atoms with Gasteiger partial charge in [0.15, 0.2) is 0 Å². The molecule has 2 aromatic rings. The molecule has 4 heteroatoms. The Balaban J connectivity index is 2.02. The van der Waals surface area contributed by atoms with Crippen molar-refractivity contribution in [2.75, 3.05) is 13.6 Å². The van der Waals surface area contributed by atoms with Crippen LogP contribution in [-0.2, 0) is 5.41 Å². The number of pyridine rings is 1. The monoisotopic (exact) mass is 254 g/mol. The zero-order valence-electron chi connectivity index (χ0n) is 11.3. The van der Waals surface area contributed by atoms with Crippen molar-refractivity contribution in [3.8, 4) is 11.4 Å². The topological polar surface area (TPSA) is 50.7 Å².